The normalized spacial score (nSPS) is 16.3. The van der Waals surface area contributed by atoms with E-state index in [-0.39, 0.29) is 24.1 Å². The van der Waals surface area contributed by atoms with Crippen molar-refractivity contribution < 1.29 is 18.7 Å². The van der Waals surface area contributed by atoms with Gasteiger partial charge in [-0.1, -0.05) is 6.07 Å². The van der Waals surface area contributed by atoms with Crippen molar-refractivity contribution in [3.05, 3.63) is 70.9 Å². The highest BCUT2D eigenvalue weighted by molar-refractivity contribution is 5.80. The summed E-state index contributed by atoms with van der Waals surface area (Å²) in [5.41, 5.74) is 2.30. The molecule has 0 saturated carbocycles. The zero-order valence-corrected chi connectivity index (χ0v) is 18.3. The number of carbonyl (C=O) groups is 1. The minimum atomic E-state index is -0.501. The highest BCUT2D eigenvalue weighted by Crippen LogP contribution is 2.29. The van der Waals surface area contributed by atoms with Gasteiger partial charge in [-0.3, -0.25) is 9.69 Å². The van der Waals surface area contributed by atoms with Crippen LogP contribution in [0.25, 0.3) is 5.82 Å². The summed E-state index contributed by atoms with van der Waals surface area (Å²) in [4.78, 5) is 18.1. The van der Waals surface area contributed by atoms with E-state index in [2.05, 4.69) is 10.1 Å². The molecule has 8 heteroatoms. The molecule has 2 aromatic heterocycles. The van der Waals surface area contributed by atoms with Crippen LogP contribution in [0, 0.1) is 12.7 Å². The summed E-state index contributed by atoms with van der Waals surface area (Å²) < 4.78 is 28.1. The van der Waals surface area contributed by atoms with Crippen LogP contribution in [0.5, 0.6) is 5.75 Å². The number of nitrogens with zero attached hydrogens (tertiary/aromatic N) is 4. The van der Waals surface area contributed by atoms with Crippen molar-refractivity contribution in [1.29, 1.82) is 0 Å². The van der Waals surface area contributed by atoms with Crippen LogP contribution in [-0.4, -0.2) is 59.0 Å². The summed E-state index contributed by atoms with van der Waals surface area (Å²) in [7, 11) is 1.92. The number of rotatable bonds is 8. The maximum Gasteiger partial charge on any atom is 0.169 e. The number of hydrogen-bond donors (Lipinski definition) is 0. The second-order valence-corrected chi connectivity index (χ2v) is 8.06. The van der Waals surface area contributed by atoms with Crippen molar-refractivity contribution in [2.75, 3.05) is 27.0 Å². The molecule has 3 aromatic rings. The molecule has 0 spiro atoms. The minimum absolute atomic E-state index is 0.00279. The van der Waals surface area contributed by atoms with Gasteiger partial charge in [-0.15, -0.1) is 0 Å². The molecule has 168 valence electrons. The van der Waals surface area contributed by atoms with Crippen LogP contribution >= 0.6 is 0 Å². The third kappa shape index (κ3) is 4.87. The largest absolute Gasteiger partial charge is 0.474 e. The van der Waals surface area contributed by atoms with Crippen LogP contribution in [0.15, 0.2) is 42.9 Å². The van der Waals surface area contributed by atoms with Crippen LogP contribution < -0.4 is 4.74 Å². The average Bonchev–Trinajstić information content (AvgIpc) is 3.37. The Kier molecular flexibility index (Phi) is 6.92. The van der Waals surface area contributed by atoms with Crippen LogP contribution in [0.4, 0.5) is 4.39 Å². The first-order valence-corrected chi connectivity index (χ1v) is 10.7. The summed E-state index contributed by atoms with van der Waals surface area (Å²) in [5.74, 6) is 0.197. The second kappa shape index (κ2) is 10.0. The highest BCUT2D eigenvalue weighted by Gasteiger charge is 2.21. The lowest BCUT2D eigenvalue weighted by Gasteiger charge is -2.31. The fourth-order valence-electron chi connectivity index (χ4n) is 3.84. The quantitative estimate of drug-likeness (QED) is 0.396. The van der Waals surface area contributed by atoms with Gasteiger partial charge in [0.1, 0.15) is 6.73 Å². The van der Waals surface area contributed by atoms with Gasteiger partial charge >= 0.3 is 0 Å². The number of ether oxygens (including phenoxy) is 2. The van der Waals surface area contributed by atoms with Gasteiger partial charge in [0.15, 0.2) is 23.7 Å². The molecule has 7 nitrogen and oxygen atoms in total. The molecule has 1 unspecified atom stereocenters. The summed E-state index contributed by atoms with van der Waals surface area (Å²) in [6, 6.07) is 7.53. The first kappa shape index (κ1) is 22.1. The van der Waals surface area contributed by atoms with Gasteiger partial charge in [0.05, 0.1) is 12.2 Å². The van der Waals surface area contributed by atoms with Gasteiger partial charge in [0, 0.05) is 31.2 Å². The molecule has 1 aliphatic heterocycles. The SMILES string of the molecule is Cc1c(Cc2ccc(-n3cccn3)nc2)cc(C=O)c(OCN(C)C2CCCOC2)c1F. The van der Waals surface area contributed by atoms with Crippen molar-refractivity contribution in [2.24, 2.45) is 0 Å². The Morgan fingerprint density at radius 2 is 2.28 bits per heavy atom. The molecule has 0 bridgehead atoms. The fraction of sp³-hybridized carbons (Fsp3) is 0.375. The third-order valence-electron chi connectivity index (χ3n) is 5.84. The Morgan fingerprint density at radius 1 is 1.41 bits per heavy atom. The number of halogens is 1. The molecule has 0 aliphatic carbocycles. The van der Waals surface area contributed by atoms with Crippen LogP contribution in [-0.2, 0) is 11.2 Å². The van der Waals surface area contributed by atoms with E-state index in [0.717, 1.165) is 30.6 Å². The molecule has 0 radical (unpaired) electrons. The number of benzene rings is 1. The van der Waals surface area contributed by atoms with Gasteiger partial charge in [0.2, 0.25) is 0 Å². The third-order valence-corrected chi connectivity index (χ3v) is 5.84. The molecular formula is C24H27FN4O3. The Bertz CT molecular complexity index is 1050. The van der Waals surface area contributed by atoms with Crippen LogP contribution in [0.3, 0.4) is 0 Å². The number of carbonyl (C=O) groups excluding carboxylic acids is 1. The number of likely N-dealkylation sites (N-methyl/N-ethyl adjacent to an activating group) is 1. The predicted octanol–water partition coefficient (Wildman–Crippen LogP) is 3.57. The van der Waals surface area contributed by atoms with E-state index in [1.165, 1.54) is 0 Å². The van der Waals surface area contributed by atoms with Crippen molar-refractivity contribution in [1.82, 2.24) is 19.7 Å². The van der Waals surface area contributed by atoms with Crippen molar-refractivity contribution in [2.45, 2.75) is 32.2 Å². The zero-order chi connectivity index (χ0) is 22.5. The van der Waals surface area contributed by atoms with Crippen molar-refractivity contribution >= 4 is 6.29 Å². The van der Waals surface area contributed by atoms with E-state index in [4.69, 9.17) is 9.47 Å². The minimum Gasteiger partial charge on any atom is -0.474 e. The number of hydrogen-bond acceptors (Lipinski definition) is 6. The summed E-state index contributed by atoms with van der Waals surface area (Å²) in [6.07, 6.45) is 8.34. The van der Waals surface area contributed by atoms with E-state index >= 15 is 4.39 Å². The molecule has 1 atom stereocenters. The van der Waals surface area contributed by atoms with Gasteiger partial charge in [0.25, 0.3) is 0 Å². The second-order valence-electron chi connectivity index (χ2n) is 8.06. The molecule has 3 heterocycles. The van der Waals surface area contributed by atoms with Crippen LogP contribution in [0.1, 0.15) is 39.9 Å². The molecule has 1 aromatic carbocycles. The Labute approximate surface area is 186 Å². The maximum atomic E-state index is 15.2. The Morgan fingerprint density at radius 3 is 2.94 bits per heavy atom. The van der Waals surface area contributed by atoms with Crippen molar-refractivity contribution in [3.63, 3.8) is 0 Å². The maximum absolute atomic E-state index is 15.2. The zero-order valence-electron chi connectivity index (χ0n) is 18.3. The molecule has 32 heavy (non-hydrogen) atoms. The first-order valence-electron chi connectivity index (χ1n) is 10.7. The standard InChI is InChI=1S/C24H27FN4O3/c1-17-19(11-18-6-7-22(26-13-18)29-9-4-8-27-29)12-20(14-30)24(23(17)25)32-16-28(2)21-5-3-10-31-15-21/h4,6-9,12-14,21H,3,5,10-11,15-16H2,1-2H3. The van der Waals surface area contributed by atoms with Gasteiger partial charge < -0.3 is 9.47 Å². The molecular weight excluding hydrogens is 411 g/mol. The molecule has 1 aliphatic rings. The number of aldehydes is 1. The summed E-state index contributed by atoms with van der Waals surface area (Å²) >= 11 is 0. The smallest absolute Gasteiger partial charge is 0.169 e. The summed E-state index contributed by atoms with van der Waals surface area (Å²) in [5, 5.41) is 4.16. The van der Waals surface area contributed by atoms with Crippen LogP contribution in [0.2, 0.25) is 0 Å². The van der Waals surface area contributed by atoms with Crippen molar-refractivity contribution in [3.8, 4) is 11.6 Å². The van der Waals surface area contributed by atoms with Gasteiger partial charge in [-0.05, 0) is 68.1 Å². The number of aromatic nitrogens is 3. The number of pyridine rings is 1. The molecule has 4 rings (SSSR count). The lowest BCUT2D eigenvalue weighted by molar-refractivity contribution is 0.00146. The Hall–Kier alpha value is -3.10. The first-order chi connectivity index (χ1) is 15.6. The Balaban J connectivity index is 1.49. The molecule has 0 amide bonds. The molecule has 1 fully saturated rings. The molecule has 1 saturated heterocycles. The van der Waals surface area contributed by atoms with E-state index < -0.39 is 5.82 Å². The predicted molar refractivity (Wildman–Crippen MR) is 118 cm³/mol. The van der Waals surface area contributed by atoms with E-state index in [0.29, 0.717) is 30.7 Å². The topological polar surface area (TPSA) is 69.5 Å². The lowest BCUT2D eigenvalue weighted by atomic mass is 9.98. The average molecular weight is 439 g/mol. The van der Waals surface area contributed by atoms with E-state index in [9.17, 15) is 4.79 Å². The van der Waals surface area contributed by atoms with E-state index in [1.807, 2.05) is 36.3 Å². The fourth-order valence-corrected chi connectivity index (χ4v) is 3.84. The highest BCUT2D eigenvalue weighted by atomic mass is 19.1. The lowest BCUT2D eigenvalue weighted by Crippen LogP contribution is -2.40. The van der Waals surface area contributed by atoms with Gasteiger partial charge in [-0.2, -0.15) is 5.10 Å². The summed E-state index contributed by atoms with van der Waals surface area (Å²) in [6.45, 7) is 3.30. The van der Waals surface area contributed by atoms with Gasteiger partial charge in [-0.25, -0.2) is 14.1 Å². The monoisotopic (exact) mass is 438 g/mol. The molecule has 0 N–H and O–H groups in total. The van der Waals surface area contributed by atoms with E-state index in [1.54, 1.807) is 30.1 Å².